The molecule has 0 atom stereocenters. The molecule has 178 valence electrons. The Balaban J connectivity index is 1.67. The van der Waals surface area contributed by atoms with Crippen LogP contribution in [0.1, 0.15) is 22.3 Å². The molecule has 1 amide bonds. The first-order valence-corrected chi connectivity index (χ1v) is 11.8. The van der Waals surface area contributed by atoms with E-state index in [1.165, 1.54) is 30.3 Å². The zero-order valence-electron chi connectivity index (χ0n) is 19.2. The van der Waals surface area contributed by atoms with Crippen molar-refractivity contribution in [2.24, 2.45) is 0 Å². The number of hydrogen-bond acceptors (Lipinski definition) is 6. The Morgan fingerprint density at radius 2 is 1.62 bits per heavy atom. The molecule has 0 radical (unpaired) electrons. The Bertz CT molecular complexity index is 1370. The van der Waals surface area contributed by atoms with Crippen LogP contribution < -0.4 is 14.8 Å². The van der Waals surface area contributed by atoms with Crippen molar-refractivity contribution in [1.82, 2.24) is 0 Å². The second-order valence-corrected chi connectivity index (χ2v) is 9.61. The number of nitro groups is 1. The van der Waals surface area contributed by atoms with Gasteiger partial charge in [0.05, 0.1) is 15.5 Å². The fraction of sp³-hybridized carbons (Fsp3) is 0.208. The predicted molar refractivity (Wildman–Crippen MR) is 130 cm³/mol. The number of carbonyl (C=O) groups is 1. The number of nitro benzene ring substituents is 1. The van der Waals surface area contributed by atoms with Crippen LogP contribution >= 0.6 is 0 Å². The lowest BCUT2D eigenvalue weighted by molar-refractivity contribution is -0.384. The smallest absolute Gasteiger partial charge is 0.271 e. The van der Waals surface area contributed by atoms with Crippen molar-refractivity contribution < 1.29 is 22.9 Å². The fourth-order valence-electron chi connectivity index (χ4n) is 3.16. The molecule has 0 aliphatic rings. The molecule has 0 fully saturated rings. The van der Waals surface area contributed by atoms with Crippen LogP contribution in [0.25, 0.3) is 0 Å². The Labute approximate surface area is 198 Å². The Morgan fingerprint density at radius 3 is 2.26 bits per heavy atom. The summed E-state index contributed by atoms with van der Waals surface area (Å²) >= 11 is 0. The molecule has 0 saturated carbocycles. The van der Waals surface area contributed by atoms with Crippen molar-refractivity contribution in [3.8, 4) is 5.75 Å². The summed E-state index contributed by atoms with van der Waals surface area (Å²) in [6.45, 7) is 6.89. The highest BCUT2D eigenvalue weighted by molar-refractivity contribution is 7.92. The van der Waals surface area contributed by atoms with E-state index in [2.05, 4.69) is 10.0 Å². The summed E-state index contributed by atoms with van der Waals surface area (Å²) in [5.74, 6) is -0.160. The van der Waals surface area contributed by atoms with Crippen LogP contribution in [0.15, 0.2) is 59.5 Å². The standard InChI is InChI=1S/C24H25N3O6S/c1-15-5-7-19(11-17(15)3)26-34(31,32)21-9-10-23(18(4)12-21)33-14-24(28)25-22-13-20(27(29)30)8-6-16(22)2/h5-13,26H,14H2,1-4H3,(H,25,28). The van der Waals surface area contributed by atoms with Gasteiger partial charge < -0.3 is 10.1 Å². The van der Waals surface area contributed by atoms with Crippen molar-refractivity contribution in [1.29, 1.82) is 0 Å². The zero-order chi connectivity index (χ0) is 25.0. The van der Waals surface area contributed by atoms with Crippen LogP contribution in [0.4, 0.5) is 17.1 Å². The Morgan fingerprint density at radius 1 is 0.912 bits per heavy atom. The number of hydrogen-bond donors (Lipinski definition) is 2. The average Bonchev–Trinajstić information content (AvgIpc) is 2.76. The lowest BCUT2D eigenvalue weighted by Gasteiger charge is -2.13. The third kappa shape index (κ3) is 5.90. The maximum absolute atomic E-state index is 12.8. The number of sulfonamides is 1. The van der Waals surface area contributed by atoms with Gasteiger partial charge in [0.15, 0.2) is 6.61 Å². The lowest BCUT2D eigenvalue weighted by Crippen LogP contribution is -2.21. The first kappa shape index (κ1) is 24.7. The van der Waals surface area contributed by atoms with E-state index < -0.39 is 20.9 Å². The molecule has 0 spiro atoms. The molecule has 34 heavy (non-hydrogen) atoms. The summed E-state index contributed by atoms with van der Waals surface area (Å²) < 4.78 is 33.7. The van der Waals surface area contributed by atoms with Crippen LogP contribution in [0.5, 0.6) is 5.75 Å². The van der Waals surface area contributed by atoms with Crippen molar-refractivity contribution >= 4 is 33.0 Å². The summed E-state index contributed by atoms with van der Waals surface area (Å²) in [6, 6.07) is 13.8. The normalized spacial score (nSPS) is 11.1. The quantitative estimate of drug-likeness (QED) is 0.355. The third-order valence-corrected chi connectivity index (χ3v) is 6.66. The molecular weight excluding hydrogens is 458 g/mol. The van der Waals surface area contributed by atoms with Gasteiger partial charge in [-0.1, -0.05) is 12.1 Å². The highest BCUT2D eigenvalue weighted by Crippen LogP contribution is 2.25. The molecule has 3 rings (SSSR count). The number of aryl methyl sites for hydroxylation is 4. The summed E-state index contributed by atoms with van der Waals surface area (Å²) in [6.07, 6.45) is 0. The molecule has 0 unspecified atom stereocenters. The Kier molecular flexibility index (Phi) is 7.21. The van der Waals surface area contributed by atoms with Crippen molar-refractivity contribution in [3.05, 3.63) is 87.0 Å². The Hall–Kier alpha value is -3.92. The first-order valence-electron chi connectivity index (χ1n) is 10.3. The van der Waals surface area contributed by atoms with Crippen molar-refractivity contribution in [2.75, 3.05) is 16.6 Å². The number of benzene rings is 3. The number of rotatable bonds is 8. The molecule has 3 aromatic rings. The molecule has 0 aromatic heterocycles. The topological polar surface area (TPSA) is 128 Å². The van der Waals surface area contributed by atoms with Gasteiger partial charge in [0, 0.05) is 17.8 Å². The third-order valence-electron chi connectivity index (χ3n) is 5.28. The van der Waals surface area contributed by atoms with E-state index >= 15 is 0 Å². The minimum atomic E-state index is -3.81. The number of carbonyl (C=O) groups excluding carboxylic acids is 1. The largest absolute Gasteiger partial charge is 0.483 e. The monoisotopic (exact) mass is 483 g/mol. The summed E-state index contributed by atoms with van der Waals surface area (Å²) in [5, 5.41) is 13.5. The highest BCUT2D eigenvalue weighted by atomic mass is 32.2. The van der Waals surface area contributed by atoms with E-state index in [4.69, 9.17) is 4.74 Å². The maximum Gasteiger partial charge on any atom is 0.271 e. The molecular formula is C24H25N3O6S. The van der Waals surface area contributed by atoms with E-state index in [-0.39, 0.29) is 17.2 Å². The molecule has 0 heterocycles. The van der Waals surface area contributed by atoms with E-state index in [0.717, 1.165) is 11.1 Å². The van der Waals surface area contributed by atoms with E-state index in [9.17, 15) is 23.3 Å². The highest BCUT2D eigenvalue weighted by Gasteiger charge is 2.17. The average molecular weight is 484 g/mol. The minimum Gasteiger partial charge on any atom is -0.483 e. The number of nitrogens with one attached hydrogen (secondary N) is 2. The van der Waals surface area contributed by atoms with E-state index in [0.29, 0.717) is 28.3 Å². The SMILES string of the molecule is Cc1ccc(NS(=O)(=O)c2ccc(OCC(=O)Nc3cc([N+](=O)[O-])ccc3C)c(C)c2)cc1C. The van der Waals surface area contributed by atoms with Crippen LogP contribution in [0, 0.1) is 37.8 Å². The molecule has 10 heteroatoms. The van der Waals surface area contributed by atoms with Crippen LogP contribution in [-0.4, -0.2) is 25.9 Å². The van der Waals surface area contributed by atoms with Crippen molar-refractivity contribution in [3.63, 3.8) is 0 Å². The summed E-state index contributed by atoms with van der Waals surface area (Å²) in [5.41, 5.74) is 3.88. The molecule has 0 saturated heterocycles. The van der Waals surface area contributed by atoms with Gasteiger partial charge in [-0.2, -0.15) is 0 Å². The van der Waals surface area contributed by atoms with E-state index in [1.807, 2.05) is 19.9 Å². The van der Waals surface area contributed by atoms with Gasteiger partial charge in [0.25, 0.3) is 21.6 Å². The van der Waals surface area contributed by atoms with Gasteiger partial charge in [0.1, 0.15) is 5.75 Å². The number of non-ortho nitro benzene ring substituents is 1. The number of nitrogens with zero attached hydrogens (tertiary/aromatic N) is 1. The first-order chi connectivity index (χ1) is 16.0. The predicted octanol–water partition coefficient (Wildman–Crippen LogP) is 4.65. The molecule has 0 aliphatic heterocycles. The molecule has 0 aliphatic carbocycles. The van der Waals surface area contributed by atoms with Crippen LogP contribution in [-0.2, 0) is 14.8 Å². The van der Waals surface area contributed by atoms with Gasteiger partial charge in [-0.3, -0.25) is 19.6 Å². The van der Waals surface area contributed by atoms with Gasteiger partial charge in [0.2, 0.25) is 0 Å². The fourth-order valence-corrected chi connectivity index (χ4v) is 4.29. The summed E-state index contributed by atoms with van der Waals surface area (Å²) in [4.78, 5) is 22.8. The second kappa shape index (κ2) is 9.92. The minimum absolute atomic E-state index is 0.0623. The van der Waals surface area contributed by atoms with E-state index in [1.54, 1.807) is 32.0 Å². The van der Waals surface area contributed by atoms with Gasteiger partial charge in [-0.25, -0.2) is 8.42 Å². The molecule has 2 N–H and O–H groups in total. The van der Waals surface area contributed by atoms with Crippen LogP contribution in [0.2, 0.25) is 0 Å². The van der Waals surface area contributed by atoms with Crippen LogP contribution in [0.3, 0.4) is 0 Å². The zero-order valence-corrected chi connectivity index (χ0v) is 20.0. The number of ether oxygens (including phenoxy) is 1. The maximum atomic E-state index is 12.8. The second-order valence-electron chi connectivity index (χ2n) is 7.93. The molecule has 3 aromatic carbocycles. The van der Waals surface area contributed by atoms with Gasteiger partial charge in [-0.15, -0.1) is 0 Å². The number of anilines is 2. The summed E-state index contributed by atoms with van der Waals surface area (Å²) in [7, 11) is -3.81. The number of amides is 1. The van der Waals surface area contributed by atoms with Gasteiger partial charge in [-0.05, 0) is 80.3 Å². The van der Waals surface area contributed by atoms with Crippen molar-refractivity contribution in [2.45, 2.75) is 32.6 Å². The lowest BCUT2D eigenvalue weighted by atomic mass is 10.1. The molecule has 0 bridgehead atoms. The molecule has 9 nitrogen and oxygen atoms in total. The van der Waals surface area contributed by atoms with Gasteiger partial charge >= 0.3 is 0 Å².